The third-order valence-electron chi connectivity index (χ3n) is 3.53. The number of carbonyl (C=O) groups excluding carboxylic acids is 1. The van der Waals surface area contributed by atoms with Gasteiger partial charge in [-0.05, 0) is 25.0 Å². The van der Waals surface area contributed by atoms with Crippen molar-refractivity contribution in [3.05, 3.63) is 35.1 Å². The average Bonchev–Trinajstić information content (AvgIpc) is 2.45. The zero-order chi connectivity index (χ0) is 15.6. The lowest BCUT2D eigenvalue weighted by atomic mass is 10.0. The fourth-order valence-corrected chi connectivity index (χ4v) is 2.40. The molecule has 0 bridgehead atoms. The minimum Gasteiger partial charge on any atom is -0.380 e. The number of benzene rings is 1. The first-order chi connectivity index (χ1) is 9.84. The normalized spacial score (nSPS) is 19.7. The van der Waals surface area contributed by atoms with Gasteiger partial charge in [0.05, 0.1) is 17.2 Å². The maximum absolute atomic E-state index is 14.0. The van der Waals surface area contributed by atoms with Crippen molar-refractivity contribution in [3.63, 3.8) is 0 Å². The fraction of sp³-hybridized carbons (Fsp3) is 0.500. The molecule has 3 nitrogen and oxygen atoms in total. The summed E-state index contributed by atoms with van der Waals surface area (Å²) >= 11 is 0. The van der Waals surface area contributed by atoms with Crippen molar-refractivity contribution in [2.45, 2.75) is 25.1 Å². The monoisotopic (exact) mass is 305 g/mol. The Morgan fingerprint density at radius 3 is 2.71 bits per heavy atom. The van der Waals surface area contributed by atoms with Crippen molar-refractivity contribution in [2.75, 3.05) is 20.2 Å². The minimum atomic E-state index is -4.82. The smallest absolute Gasteiger partial charge is 0.380 e. The number of methoxy groups -OCH3 is 1. The van der Waals surface area contributed by atoms with E-state index in [4.69, 9.17) is 4.74 Å². The number of hydrogen-bond acceptors (Lipinski definition) is 2. The number of hydrogen-bond donors (Lipinski definition) is 0. The van der Waals surface area contributed by atoms with Gasteiger partial charge in [0.15, 0.2) is 0 Å². The van der Waals surface area contributed by atoms with E-state index in [1.54, 1.807) is 0 Å². The predicted octanol–water partition coefficient (Wildman–Crippen LogP) is 3.10. The van der Waals surface area contributed by atoms with Crippen molar-refractivity contribution in [1.82, 2.24) is 4.90 Å². The molecule has 1 atom stereocenters. The molecule has 0 radical (unpaired) electrons. The summed E-state index contributed by atoms with van der Waals surface area (Å²) in [5, 5.41) is 0. The van der Waals surface area contributed by atoms with Gasteiger partial charge in [-0.1, -0.05) is 6.07 Å². The highest BCUT2D eigenvalue weighted by molar-refractivity contribution is 5.94. The molecule has 1 aliphatic rings. The summed E-state index contributed by atoms with van der Waals surface area (Å²) in [6.45, 7) is 0.638. The van der Waals surface area contributed by atoms with E-state index in [1.165, 1.54) is 12.0 Å². The lowest BCUT2D eigenvalue weighted by molar-refractivity contribution is -0.140. The Kier molecular flexibility index (Phi) is 4.51. The van der Waals surface area contributed by atoms with Gasteiger partial charge in [0.1, 0.15) is 5.82 Å². The molecule has 1 fully saturated rings. The summed E-state index contributed by atoms with van der Waals surface area (Å²) in [6, 6.07) is 2.74. The molecule has 0 aliphatic carbocycles. The minimum absolute atomic E-state index is 0.170. The van der Waals surface area contributed by atoms with Crippen molar-refractivity contribution in [2.24, 2.45) is 0 Å². The Bertz CT molecular complexity index is 530. The van der Waals surface area contributed by atoms with Crippen LogP contribution >= 0.6 is 0 Å². The highest BCUT2D eigenvalue weighted by Gasteiger charge is 2.36. The van der Waals surface area contributed by atoms with E-state index in [-0.39, 0.29) is 12.6 Å². The summed E-state index contributed by atoms with van der Waals surface area (Å²) in [7, 11) is 1.50. The maximum Gasteiger partial charge on any atom is 0.419 e. The molecule has 1 aliphatic heterocycles. The molecular weight excluding hydrogens is 290 g/mol. The van der Waals surface area contributed by atoms with Gasteiger partial charge in [-0.25, -0.2) is 4.39 Å². The number of carbonyl (C=O) groups is 1. The van der Waals surface area contributed by atoms with Gasteiger partial charge in [0.2, 0.25) is 0 Å². The van der Waals surface area contributed by atoms with E-state index < -0.39 is 29.0 Å². The van der Waals surface area contributed by atoms with Gasteiger partial charge in [-0.2, -0.15) is 13.2 Å². The van der Waals surface area contributed by atoms with Crippen LogP contribution in [0.5, 0.6) is 0 Å². The molecule has 1 heterocycles. The lowest BCUT2D eigenvalue weighted by Crippen LogP contribution is -2.43. The molecule has 116 valence electrons. The first-order valence-electron chi connectivity index (χ1n) is 6.52. The quantitative estimate of drug-likeness (QED) is 0.786. The number of halogens is 4. The van der Waals surface area contributed by atoms with Crippen LogP contribution in [0.4, 0.5) is 17.6 Å². The number of alkyl halides is 3. The lowest BCUT2D eigenvalue weighted by Gasteiger charge is -2.32. The molecule has 0 spiro atoms. The van der Waals surface area contributed by atoms with Crippen LogP contribution in [-0.4, -0.2) is 37.1 Å². The van der Waals surface area contributed by atoms with Crippen LogP contribution in [0.15, 0.2) is 18.2 Å². The predicted molar refractivity (Wildman–Crippen MR) is 67.3 cm³/mol. The van der Waals surface area contributed by atoms with E-state index in [0.717, 1.165) is 18.6 Å². The average molecular weight is 305 g/mol. The van der Waals surface area contributed by atoms with E-state index in [0.29, 0.717) is 19.0 Å². The Morgan fingerprint density at radius 1 is 1.38 bits per heavy atom. The number of rotatable bonds is 2. The van der Waals surface area contributed by atoms with E-state index in [9.17, 15) is 22.4 Å². The van der Waals surface area contributed by atoms with Gasteiger partial charge < -0.3 is 9.64 Å². The molecule has 0 aromatic heterocycles. The zero-order valence-corrected chi connectivity index (χ0v) is 11.4. The van der Waals surface area contributed by atoms with E-state index in [2.05, 4.69) is 0 Å². The molecule has 7 heteroatoms. The number of nitrogens with zero attached hydrogens (tertiary/aromatic N) is 1. The van der Waals surface area contributed by atoms with Crippen molar-refractivity contribution in [3.8, 4) is 0 Å². The summed E-state index contributed by atoms with van der Waals surface area (Å²) < 4.78 is 57.1. The van der Waals surface area contributed by atoms with Gasteiger partial charge in [-0.3, -0.25) is 4.79 Å². The molecule has 2 rings (SSSR count). The summed E-state index contributed by atoms with van der Waals surface area (Å²) in [4.78, 5) is 13.6. The SMILES string of the molecule is COC1CCCN(C(=O)c2cccc(C(F)(F)F)c2F)C1. The maximum atomic E-state index is 14.0. The highest BCUT2D eigenvalue weighted by atomic mass is 19.4. The highest BCUT2D eigenvalue weighted by Crippen LogP contribution is 2.32. The first-order valence-corrected chi connectivity index (χ1v) is 6.52. The largest absolute Gasteiger partial charge is 0.419 e. The van der Waals surface area contributed by atoms with Crippen molar-refractivity contribution >= 4 is 5.91 Å². The summed E-state index contributed by atoms with van der Waals surface area (Å²) in [6.07, 6.45) is -3.55. The van der Waals surface area contributed by atoms with Gasteiger partial charge in [-0.15, -0.1) is 0 Å². The molecular formula is C14H15F4NO2. The van der Waals surface area contributed by atoms with Gasteiger partial charge >= 0.3 is 6.18 Å². The van der Waals surface area contributed by atoms with E-state index in [1.807, 2.05) is 0 Å². The van der Waals surface area contributed by atoms with Crippen molar-refractivity contribution in [1.29, 1.82) is 0 Å². The molecule has 21 heavy (non-hydrogen) atoms. The Balaban J connectivity index is 2.27. The molecule has 1 amide bonds. The van der Waals surface area contributed by atoms with Gasteiger partial charge in [0, 0.05) is 20.2 Å². The third-order valence-corrected chi connectivity index (χ3v) is 3.53. The number of likely N-dealkylation sites (tertiary alicyclic amines) is 1. The third kappa shape index (κ3) is 3.34. The molecule has 1 aromatic rings. The molecule has 1 unspecified atom stereocenters. The molecule has 1 saturated heterocycles. The van der Waals surface area contributed by atoms with Crippen LogP contribution in [0.3, 0.4) is 0 Å². The number of amides is 1. The van der Waals surface area contributed by atoms with Crippen LogP contribution in [0.25, 0.3) is 0 Å². The second-order valence-corrected chi connectivity index (χ2v) is 4.92. The van der Waals surface area contributed by atoms with E-state index >= 15 is 0 Å². The second kappa shape index (κ2) is 6.01. The Morgan fingerprint density at radius 2 is 2.10 bits per heavy atom. The second-order valence-electron chi connectivity index (χ2n) is 4.92. The van der Waals surface area contributed by atoms with Crippen LogP contribution < -0.4 is 0 Å². The number of ether oxygens (including phenoxy) is 1. The molecule has 0 N–H and O–H groups in total. The summed E-state index contributed by atoms with van der Waals surface area (Å²) in [5.41, 5.74) is -1.98. The first kappa shape index (κ1) is 15.8. The van der Waals surface area contributed by atoms with Crippen LogP contribution in [-0.2, 0) is 10.9 Å². The van der Waals surface area contributed by atoms with Crippen molar-refractivity contribution < 1.29 is 27.1 Å². The fourth-order valence-electron chi connectivity index (χ4n) is 2.40. The van der Waals surface area contributed by atoms with Gasteiger partial charge in [0.25, 0.3) is 5.91 Å². The Labute approximate surface area is 119 Å². The summed E-state index contributed by atoms with van der Waals surface area (Å²) in [5.74, 6) is -2.25. The van der Waals surface area contributed by atoms with Crippen LogP contribution in [0.1, 0.15) is 28.8 Å². The zero-order valence-electron chi connectivity index (χ0n) is 11.4. The van der Waals surface area contributed by atoms with Crippen LogP contribution in [0.2, 0.25) is 0 Å². The molecule has 0 saturated carbocycles. The number of piperidine rings is 1. The standard InChI is InChI=1S/C14H15F4NO2/c1-21-9-4-3-7-19(8-9)13(20)10-5-2-6-11(12(10)15)14(16,17)18/h2,5-6,9H,3-4,7-8H2,1H3. The Hall–Kier alpha value is -1.63. The molecule has 1 aromatic carbocycles. The van der Waals surface area contributed by atoms with Crippen LogP contribution in [0, 0.1) is 5.82 Å². The topological polar surface area (TPSA) is 29.5 Å².